The predicted octanol–water partition coefficient (Wildman–Crippen LogP) is 5.07. The number of rotatable bonds is 2. The molecule has 0 spiro atoms. The number of carbonyl (C=O) groups is 1. The minimum Gasteiger partial charge on any atom is -0.329 e. The van der Waals surface area contributed by atoms with Crippen molar-refractivity contribution in [3.63, 3.8) is 0 Å². The Labute approximate surface area is 157 Å². The van der Waals surface area contributed by atoms with Gasteiger partial charge in [-0.2, -0.15) is 0 Å². The monoisotopic (exact) mass is 353 g/mol. The topological polar surface area (TPSA) is 46.9 Å². The van der Waals surface area contributed by atoms with E-state index in [-0.39, 0.29) is 11.8 Å². The Morgan fingerprint density at radius 2 is 1.74 bits per heavy atom. The first kappa shape index (κ1) is 15.8. The molecule has 1 aromatic heterocycles. The number of hydrogen-bond acceptors (Lipinski definition) is 3. The summed E-state index contributed by atoms with van der Waals surface area (Å²) in [6, 6.07) is 22.5. The van der Waals surface area contributed by atoms with Gasteiger partial charge in [-0.15, -0.1) is 0 Å². The van der Waals surface area contributed by atoms with Crippen LogP contribution in [0.1, 0.15) is 25.5 Å². The molecule has 132 valence electrons. The number of benzene rings is 3. The molecule has 3 aromatic carbocycles. The summed E-state index contributed by atoms with van der Waals surface area (Å²) in [5.74, 6) is 0.845. The van der Waals surface area contributed by atoms with Gasteiger partial charge in [0.15, 0.2) is 5.78 Å². The molecule has 5 rings (SSSR count). The van der Waals surface area contributed by atoms with Crippen LogP contribution in [0, 0.1) is 0 Å². The summed E-state index contributed by atoms with van der Waals surface area (Å²) < 4.78 is 2.15. The SMILES string of the molecule is CC(=O)C1=C(C)Nc2nc3ccccc3n2[C@H]1c1cccc2ccccc12. The second-order valence-electron chi connectivity index (χ2n) is 6.98. The molecule has 0 amide bonds. The second kappa shape index (κ2) is 5.81. The van der Waals surface area contributed by atoms with Crippen LogP contribution in [0.2, 0.25) is 0 Å². The van der Waals surface area contributed by atoms with E-state index in [9.17, 15) is 4.79 Å². The van der Waals surface area contributed by atoms with Gasteiger partial charge in [0, 0.05) is 11.3 Å². The number of hydrogen-bond donors (Lipinski definition) is 1. The van der Waals surface area contributed by atoms with Gasteiger partial charge in [0.2, 0.25) is 5.95 Å². The second-order valence-corrected chi connectivity index (χ2v) is 6.98. The maximum Gasteiger partial charge on any atom is 0.209 e. The largest absolute Gasteiger partial charge is 0.329 e. The first-order valence-corrected chi connectivity index (χ1v) is 9.08. The van der Waals surface area contributed by atoms with Crippen molar-refractivity contribution in [3.05, 3.63) is 83.6 Å². The molecule has 0 saturated heterocycles. The number of anilines is 1. The molecule has 4 nitrogen and oxygen atoms in total. The normalized spacial score (nSPS) is 16.4. The van der Waals surface area contributed by atoms with Crippen LogP contribution in [0.25, 0.3) is 21.8 Å². The van der Waals surface area contributed by atoms with E-state index in [2.05, 4.69) is 46.3 Å². The number of Topliss-reactive ketones (excluding diaryl/α,β-unsaturated/α-hetero) is 1. The Bertz CT molecular complexity index is 1240. The molecule has 0 saturated carbocycles. The van der Waals surface area contributed by atoms with Crippen LogP contribution in [-0.4, -0.2) is 15.3 Å². The third-order valence-electron chi connectivity index (χ3n) is 5.33. The van der Waals surface area contributed by atoms with Crippen LogP contribution < -0.4 is 5.32 Å². The molecule has 4 aromatic rings. The van der Waals surface area contributed by atoms with E-state index in [1.807, 2.05) is 37.3 Å². The van der Waals surface area contributed by atoms with Crippen LogP contribution in [-0.2, 0) is 4.79 Å². The lowest BCUT2D eigenvalue weighted by Crippen LogP contribution is -2.27. The molecule has 0 fully saturated rings. The number of nitrogens with zero attached hydrogens (tertiary/aromatic N) is 2. The van der Waals surface area contributed by atoms with Crippen molar-refractivity contribution in [2.24, 2.45) is 0 Å². The maximum atomic E-state index is 12.7. The molecule has 1 atom stereocenters. The molecule has 0 aliphatic carbocycles. The lowest BCUT2D eigenvalue weighted by molar-refractivity contribution is -0.114. The maximum absolute atomic E-state index is 12.7. The van der Waals surface area contributed by atoms with Crippen molar-refractivity contribution in [1.82, 2.24) is 9.55 Å². The highest BCUT2D eigenvalue weighted by atomic mass is 16.1. The third kappa shape index (κ3) is 2.30. The first-order valence-electron chi connectivity index (χ1n) is 9.08. The summed E-state index contributed by atoms with van der Waals surface area (Å²) in [6.07, 6.45) is 0. The van der Waals surface area contributed by atoms with Crippen molar-refractivity contribution in [3.8, 4) is 0 Å². The standard InChI is InChI=1S/C23H19N3O/c1-14-21(15(2)27)22(18-11-7-9-16-8-3-4-10-17(16)18)26-20-13-6-5-12-19(20)25-23(26)24-14/h3-13,22H,1-2H3,(H,24,25)/t22-/m0/s1. The summed E-state index contributed by atoms with van der Waals surface area (Å²) in [4.78, 5) is 17.4. The number of ketones is 1. The molecule has 1 N–H and O–H groups in total. The molecule has 2 heterocycles. The molecule has 0 bridgehead atoms. The fourth-order valence-electron chi connectivity index (χ4n) is 4.20. The average Bonchev–Trinajstić information content (AvgIpc) is 3.04. The van der Waals surface area contributed by atoms with E-state index in [0.29, 0.717) is 0 Å². The Kier molecular flexibility index (Phi) is 3.41. The highest BCUT2D eigenvalue weighted by Crippen LogP contribution is 2.41. The van der Waals surface area contributed by atoms with Gasteiger partial charge in [-0.25, -0.2) is 4.98 Å². The zero-order valence-corrected chi connectivity index (χ0v) is 15.2. The molecule has 4 heteroatoms. The number of aromatic nitrogens is 2. The minimum atomic E-state index is -0.211. The Hall–Kier alpha value is -3.40. The molecule has 1 aliphatic rings. The fraction of sp³-hybridized carbons (Fsp3) is 0.130. The lowest BCUT2D eigenvalue weighted by atomic mass is 9.89. The van der Waals surface area contributed by atoms with Crippen LogP contribution >= 0.6 is 0 Å². The van der Waals surface area contributed by atoms with Gasteiger partial charge in [0.25, 0.3) is 0 Å². The van der Waals surface area contributed by atoms with Gasteiger partial charge in [0.1, 0.15) is 0 Å². The van der Waals surface area contributed by atoms with Crippen molar-refractivity contribution >= 4 is 33.5 Å². The van der Waals surface area contributed by atoms with E-state index in [1.165, 1.54) is 5.39 Å². The number of fused-ring (bicyclic) bond motifs is 4. The van der Waals surface area contributed by atoms with E-state index >= 15 is 0 Å². The Balaban J connectivity index is 1.89. The summed E-state index contributed by atoms with van der Waals surface area (Å²) in [7, 11) is 0. The summed E-state index contributed by atoms with van der Waals surface area (Å²) in [5, 5.41) is 5.66. The van der Waals surface area contributed by atoms with Gasteiger partial charge in [-0.3, -0.25) is 9.36 Å². The summed E-state index contributed by atoms with van der Waals surface area (Å²) in [6.45, 7) is 3.60. The zero-order valence-electron chi connectivity index (χ0n) is 15.2. The van der Waals surface area contributed by atoms with Gasteiger partial charge in [-0.1, -0.05) is 54.6 Å². The van der Waals surface area contributed by atoms with Crippen LogP contribution in [0.15, 0.2) is 78.0 Å². The number of para-hydroxylation sites is 2. The minimum absolute atomic E-state index is 0.0707. The van der Waals surface area contributed by atoms with Gasteiger partial charge >= 0.3 is 0 Å². The van der Waals surface area contributed by atoms with Crippen molar-refractivity contribution < 1.29 is 4.79 Å². The highest BCUT2D eigenvalue weighted by molar-refractivity contribution is 5.99. The van der Waals surface area contributed by atoms with Gasteiger partial charge in [0.05, 0.1) is 17.1 Å². The smallest absolute Gasteiger partial charge is 0.209 e. The Morgan fingerprint density at radius 1 is 1.00 bits per heavy atom. The Morgan fingerprint density at radius 3 is 2.59 bits per heavy atom. The van der Waals surface area contributed by atoms with Crippen LogP contribution in [0.4, 0.5) is 5.95 Å². The highest BCUT2D eigenvalue weighted by Gasteiger charge is 2.33. The van der Waals surface area contributed by atoms with Crippen LogP contribution in [0.5, 0.6) is 0 Å². The number of carbonyl (C=O) groups excluding carboxylic acids is 1. The number of allylic oxidation sites excluding steroid dienone is 2. The summed E-state index contributed by atoms with van der Waals surface area (Å²) in [5.41, 5.74) is 4.70. The van der Waals surface area contributed by atoms with Crippen molar-refractivity contribution in [2.45, 2.75) is 19.9 Å². The van der Waals surface area contributed by atoms with E-state index < -0.39 is 0 Å². The van der Waals surface area contributed by atoms with Crippen molar-refractivity contribution in [1.29, 1.82) is 0 Å². The van der Waals surface area contributed by atoms with E-state index in [4.69, 9.17) is 4.98 Å². The molecule has 0 unspecified atom stereocenters. The van der Waals surface area contributed by atoms with Crippen molar-refractivity contribution in [2.75, 3.05) is 5.32 Å². The van der Waals surface area contributed by atoms with Crippen LogP contribution in [0.3, 0.4) is 0 Å². The van der Waals surface area contributed by atoms with E-state index in [1.54, 1.807) is 6.92 Å². The fourth-order valence-corrected chi connectivity index (χ4v) is 4.20. The third-order valence-corrected chi connectivity index (χ3v) is 5.33. The predicted molar refractivity (Wildman–Crippen MR) is 109 cm³/mol. The van der Waals surface area contributed by atoms with Gasteiger partial charge in [-0.05, 0) is 42.3 Å². The van der Waals surface area contributed by atoms with E-state index in [0.717, 1.165) is 39.2 Å². The molecular formula is C23H19N3O. The molecular weight excluding hydrogens is 334 g/mol. The molecule has 27 heavy (non-hydrogen) atoms. The number of imidazole rings is 1. The number of nitrogens with one attached hydrogen (secondary N) is 1. The zero-order chi connectivity index (χ0) is 18.5. The quantitative estimate of drug-likeness (QED) is 0.547. The molecule has 0 radical (unpaired) electrons. The molecule has 1 aliphatic heterocycles. The lowest BCUT2D eigenvalue weighted by Gasteiger charge is -2.31. The average molecular weight is 353 g/mol. The first-order chi connectivity index (χ1) is 13.1. The van der Waals surface area contributed by atoms with Gasteiger partial charge < -0.3 is 5.32 Å². The summed E-state index contributed by atoms with van der Waals surface area (Å²) >= 11 is 0.